The number of aryl methyl sites for hydroxylation is 1. The van der Waals surface area contributed by atoms with Crippen LogP contribution in [0, 0.1) is 5.82 Å². The van der Waals surface area contributed by atoms with Crippen molar-refractivity contribution in [3.05, 3.63) is 57.8 Å². The smallest absolute Gasteiger partial charge is 0.275 e. The monoisotopic (exact) mass is 401 g/mol. The highest BCUT2D eigenvalue weighted by atomic mass is 32.1. The topological polar surface area (TPSA) is 79.6 Å². The molecule has 0 spiro atoms. The lowest BCUT2D eigenvalue weighted by Gasteiger charge is -2.17. The van der Waals surface area contributed by atoms with Crippen LogP contribution < -0.4 is 10.9 Å². The molecule has 7 nitrogen and oxygen atoms in total. The zero-order valence-corrected chi connectivity index (χ0v) is 16.2. The minimum Gasteiger partial charge on any atom is -0.348 e. The summed E-state index contributed by atoms with van der Waals surface area (Å²) in [6.07, 6.45) is 2.29. The van der Waals surface area contributed by atoms with Crippen LogP contribution in [0.3, 0.4) is 0 Å². The van der Waals surface area contributed by atoms with Crippen molar-refractivity contribution in [2.75, 3.05) is 11.9 Å². The van der Waals surface area contributed by atoms with Gasteiger partial charge in [0.1, 0.15) is 11.9 Å². The Morgan fingerprint density at radius 3 is 2.82 bits per heavy atom. The molecular weight excluding hydrogens is 381 g/mol. The predicted molar refractivity (Wildman–Crippen MR) is 105 cm³/mol. The van der Waals surface area contributed by atoms with Crippen molar-refractivity contribution in [2.45, 2.75) is 38.8 Å². The predicted octanol–water partition coefficient (Wildman–Crippen LogP) is 2.46. The number of rotatable bonds is 6. The van der Waals surface area contributed by atoms with Gasteiger partial charge in [0.15, 0.2) is 0 Å². The van der Waals surface area contributed by atoms with Crippen LogP contribution in [0.1, 0.15) is 31.0 Å². The van der Waals surface area contributed by atoms with Crippen LogP contribution in [0.25, 0.3) is 4.96 Å². The molecule has 28 heavy (non-hydrogen) atoms. The number of likely N-dealkylation sites (tertiary alicyclic amines) is 1. The van der Waals surface area contributed by atoms with Gasteiger partial charge in [-0.15, -0.1) is 5.10 Å². The van der Waals surface area contributed by atoms with E-state index in [4.69, 9.17) is 0 Å². The van der Waals surface area contributed by atoms with Crippen LogP contribution in [0.4, 0.5) is 9.52 Å². The molecule has 3 aromatic rings. The summed E-state index contributed by atoms with van der Waals surface area (Å²) >= 11 is 1.26. The summed E-state index contributed by atoms with van der Waals surface area (Å²) < 4.78 is 14.3. The lowest BCUT2D eigenvalue weighted by molar-refractivity contribution is -0.128. The van der Waals surface area contributed by atoms with Crippen molar-refractivity contribution >= 4 is 27.3 Å². The van der Waals surface area contributed by atoms with Crippen molar-refractivity contribution in [3.8, 4) is 0 Å². The van der Waals surface area contributed by atoms with Crippen molar-refractivity contribution in [2.24, 2.45) is 0 Å². The van der Waals surface area contributed by atoms with Gasteiger partial charge in [0.25, 0.3) is 5.56 Å². The van der Waals surface area contributed by atoms with Crippen molar-refractivity contribution in [1.29, 1.82) is 0 Å². The summed E-state index contributed by atoms with van der Waals surface area (Å²) in [5, 5.41) is 7.91. The largest absolute Gasteiger partial charge is 0.348 e. The molecule has 4 rings (SSSR count). The van der Waals surface area contributed by atoms with Gasteiger partial charge in [-0.25, -0.2) is 9.37 Å². The third-order valence-corrected chi connectivity index (χ3v) is 5.53. The Morgan fingerprint density at radius 1 is 1.29 bits per heavy atom. The number of hydrogen-bond donors (Lipinski definition) is 1. The molecule has 1 unspecified atom stereocenters. The molecule has 1 amide bonds. The van der Waals surface area contributed by atoms with Crippen LogP contribution in [-0.2, 0) is 17.8 Å². The summed E-state index contributed by atoms with van der Waals surface area (Å²) in [6, 6.07) is 7.26. The number of anilines is 1. The first-order valence-corrected chi connectivity index (χ1v) is 10.0. The molecule has 0 bridgehead atoms. The Kier molecular flexibility index (Phi) is 5.08. The molecule has 146 valence electrons. The molecular formula is C19H20FN5O2S. The molecule has 1 aliphatic rings. The number of amides is 1. The van der Waals surface area contributed by atoms with Crippen LogP contribution in [0.5, 0.6) is 0 Å². The molecule has 3 heterocycles. The fourth-order valence-electron chi connectivity index (χ4n) is 3.29. The summed E-state index contributed by atoms with van der Waals surface area (Å²) in [7, 11) is 0. The standard InChI is InChI=1S/C19H20FN5O2S/c1-2-3-14-10-16(26)25-19(21-14)28-18(23-25)22-15-8-9-24(17(15)27)11-12-4-6-13(20)7-5-12/h4-7,10,15H,2-3,8-9,11H2,1H3,(H,22,23). The second-order valence-corrected chi connectivity index (χ2v) is 7.77. The maximum atomic E-state index is 13.0. The number of nitrogens with one attached hydrogen (secondary N) is 1. The van der Waals surface area contributed by atoms with Gasteiger partial charge in [-0.1, -0.05) is 36.8 Å². The average molecular weight is 401 g/mol. The Labute approximate surface area is 164 Å². The van der Waals surface area contributed by atoms with Crippen molar-refractivity contribution < 1.29 is 9.18 Å². The number of benzene rings is 1. The van der Waals surface area contributed by atoms with E-state index < -0.39 is 6.04 Å². The van der Waals surface area contributed by atoms with Crippen LogP contribution in [0.2, 0.25) is 0 Å². The van der Waals surface area contributed by atoms with Gasteiger partial charge in [-0.2, -0.15) is 4.52 Å². The number of fused-ring (bicyclic) bond motifs is 1. The number of halogens is 1. The summed E-state index contributed by atoms with van der Waals surface area (Å²) in [5.74, 6) is -0.326. The Hall–Kier alpha value is -2.81. The van der Waals surface area contributed by atoms with E-state index in [9.17, 15) is 14.0 Å². The van der Waals surface area contributed by atoms with E-state index >= 15 is 0 Å². The molecule has 1 saturated heterocycles. The first-order chi connectivity index (χ1) is 13.5. The Balaban J connectivity index is 1.47. The quantitative estimate of drug-likeness (QED) is 0.686. The molecule has 1 fully saturated rings. The molecule has 1 N–H and O–H groups in total. The second kappa shape index (κ2) is 7.67. The number of carbonyl (C=O) groups excluding carboxylic acids is 1. The third kappa shape index (κ3) is 3.75. The second-order valence-electron chi connectivity index (χ2n) is 6.81. The summed E-state index contributed by atoms with van der Waals surface area (Å²) in [4.78, 5) is 31.6. The third-order valence-electron chi connectivity index (χ3n) is 4.69. The van der Waals surface area contributed by atoms with Gasteiger partial charge in [-0.3, -0.25) is 9.59 Å². The zero-order valence-electron chi connectivity index (χ0n) is 15.4. The zero-order chi connectivity index (χ0) is 19.7. The molecule has 2 aromatic heterocycles. The Morgan fingerprint density at radius 2 is 2.07 bits per heavy atom. The fourth-order valence-corrected chi connectivity index (χ4v) is 4.16. The molecule has 0 saturated carbocycles. The molecule has 1 atom stereocenters. The summed E-state index contributed by atoms with van der Waals surface area (Å²) in [5.41, 5.74) is 1.42. The lowest BCUT2D eigenvalue weighted by Crippen LogP contribution is -2.33. The molecule has 0 radical (unpaired) electrons. The minimum absolute atomic E-state index is 0.0319. The van der Waals surface area contributed by atoms with Crippen LogP contribution in [-0.4, -0.2) is 38.0 Å². The molecule has 0 aliphatic carbocycles. The SMILES string of the molecule is CCCc1cc(=O)n2nc(NC3CCN(Cc4ccc(F)cc4)C3=O)sc2n1. The van der Waals surface area contributed by atoms with E-state index in [1.54, 1.807) is 17.0 Å². The number of hydrogen-bond acceptors (Lipinski definition) is 6. The van der Waals surface area contributed by atoms with E-state index in [2.05, 4.69) is 15.4 Å². The van der Waals surface area contributed by atoms with Crippen LogP contribution in [0.15, 0.2) is 35.1 Å². The number of carbonyl (C=O) groups is 1. The summed E-state index contributed by atoms with van der Waals surface area (Å²) in [6.45, 7) is 3.09. The van der Waals surface area contributed by atoms with Gasteiger partial charge < -0.3 is 10.2 Å². The van der Waals surface area contributed by atoms with Gasteiger partial charge in [0.05, 0.1) is 0 Å². The highest BCUT2D eigenvalue weighted by Gasteiger charge is 2.32. The van der Waals surface area contributed by atoms with E-state index in [-0.39, 0.29) is 17.3 Å². The van der Waals surface area contributed by atoms with Gasteiger partial charge in [-0.05, 0) is 30.5 Å². The van der Waals surface area contributed by atoms with Crippen molar-refractivity contribution in [1.82, 2.24) is 19.5 Å². The van der Waals surface area contributed by atoms with Crippen LogP contribution >= 0.6 is 11.3 Å². The van der Waals surface area contributed by atoms with E-state index in [0.29, 0.717) is 29.6 Å². The number of aromatic nitrogens is 3. The van der Waals surface area contributed by atoms with E-state index in [0.717, 1.165) is 24.1 Å². The molecule has 1 aromatic carbocycles. The maximum absolute atomic E-state index is 13.0. The number of nitrogens with zero attached hydrogens (tertiary/aromatic N) is 4. The van der Waals surface area contributed by atoms with Gasteiger partial charge in [0, 0.05) is 24.8 Å². The van der Waals surface area contributed by atoms with E-state index in [1.165, 1.54) is 34.1 Å². The van der Waals surface area contributed by atoms with Crippen molar-refractivity contribution in [3.63, 3.8) is 0 Å². The minimum atomic E-state index is -0.396. The van der Waals surface area contributed by atoms with E-state index in [1.807, 2.05) is 6.92 Å². The van der Waals surface area contributed by atoms with Gasteiger partial charge >= 0.3 is 0 Å². The molecule has 1 aliphatic heterocycles. The maximum Gasteiger partial charge on any atom is 0.275 e. The first-order valence-electron chi connectivity index (χ1n) is 9.23. The average Bonchev–Trinajstić information content (AvgIpc) is 3.22. The normalized spacial score (nSPS) is 16.9. The Bertz CT molecular complexity index is 1060. The first kappa shape index (κ1) is 18.5. The highest BCUT2D eigenvalue weighted by molar-refractivity contribution is 7.20. The molecule has 9 heteroatoms. The fraction of sp³-hybridized carbons (Fsp3) is 0.368. The van der Waals surface area contributed by atoms with Gasteiger partial charge in [0.2, 0.25) is 16.0 Å². The highest BCUT2D eigenvalue weighted by Crippen LogP contribution is 2.22. The lowest BCUT2D eigenvalue weighted by atomic mass is 10.2.